The van der Waals surface area contributed by atoms with E-state index in [9.17, 15) is 0 Å². The summed E-state index contributed by atoms with van der Waals surface area (Å²) >= 11 is 3.47. The normalized spacial score (nSPS) is 16.9. The van der Waals surface area contributed by atoms with Crippen LogP contribution in [0.4, 0.5) is 0 Å². The van der Waals surface area contributed by atoms with E-state index in [4.69, 9.17) is 4.98 Å². The van der Waals surface area contributed by atoms with Gasteiger partial charge in [-0.05, 0) is 43.1 Å². The number of rotatable bonds is 3. The average Bonchev–Trinajstić information content (AvgIpc) is 3.39. The Morgan fingerprint density at radius 2 is 1.78 bits per heavy atom. The monoisotopic (exact) mass is 419 g/mol. The van der Waals surface area contributed by atoms with E-state index in [0.29, 0.717) is 6.04 Å². The van der Waals surface area contributed by atoms with Crippen LogP contribution < -0.4 is 5.32 Å². The van der Waals surface area contributed by atoms with Gasteiger partial charge >= 0.3 is 0 Å². The predicted octanol–water partition coefficient (Wildman–Crippen LogP) is 4.87. The second kappa shape index (κ2) is 6.87. The number of H-pyrrole nitrogens is 1. The minimum absolute atomic E-state index is 0.353. The fourth-order valence-electron chi connectivity index (χ4n) is 3.52. The van der Waals surface area contributed by atoms with Crippen LogP contribution in [0.15, 0.2) is 59.3 Å². The average molecular weight is 420 g/mol. The van der Waals surface area contributed by atoms with Gasteiger partial charge in [0.15, 0.2) is 0 Å². The first-order valence-corrected chi connectivity index (χ1v) is 9.87. The molecule has 0 bridgehead atoms. The molecule has 0 amide bonds. The maximum Gasteiger partial charge on any atom is 0.123 e. The molecule has 1 saturated heterocycles. The molecule has 6 heteroatoms. The summed E-state index contributed by atoms with van der Waals surface area (Å²) in [5.74, 6) is 1.03. The Kier molecular flexibility index (Phi) is 4.22. The maximum absolute atomic E-state index is 4.73. The zero-order valence-corrected chi connectivity index (χ0v) is 16.2. The largest absolute Gasteiger partial charge is 0.341 e. The molecule has 1 unspecified atom stereocenters. The number of fused-ring (bicyclic) bond motifs is 1. The molecule has 1 atom stereocenters. The van der Waals surface area contributed by atoms with Crippen LogP contribution in [-0.2, 0) is 0 Å². The molecule has 5 nitrogen and oxygen atoms in total. The van der Waals surface area contributed by atoms with Gasteiger partial charge in [0, 0.05) is 10.0 Å². The van der Waals surface area contributed by atoms with E-state index in [-0.39, 0.29) is 0 Å². The molecule has 0 saturated carbocycles. The first-order chi connectivity index (χ1) is 13.3. The number of nitrogens with one attached hydrogen (secondary N) is 2. The van der Waals surface area contributed by atoms with Crippen LogP contribution in [0.1, 0.15) is 24.7 Å². The van der Waals surface area contributed by atoms with Crippen molar-refractivity contribution in [2.24, 2.45) is 0 Å². The molecule has 1 aliphatic rings. The number of aromatic amines is 1. The molecule has 3 heterocycles. The lowest BCUT2D eigenvalue weighted by atomic mass is 10.1. The van der Waals surface area contributed by atoms with Crippen molar-refractivity contribution in [1.82, 2.24) is 25.3 Å². The molecule has 0 spiro atoms. The minimum Gasteiger partial charge on any atom is -0.341 e. The van der Waals surface area contributed by atoms with Gasteiger partial charge in [0.1, 0.15) is 5.82 Å². The van der Waals surface area contributed by atoms with E-state index in [2.05, 4.69) is 60.5 Å². The van der Waals surface area contributed by atoms with Gasteiger partial charge in [-0.3, -0.25) is 4.98 Å². The Bertz CT molecular complexity index is 1100. The van der Waals surface area contributed by atoms with Crippen molar-refractivity contribution in [3.63, 3.8) is 0 Å². The smallest absolute Gasteiger partial charge is 0.123 e. The number of hydrogen-bond donors (Lipinski definition) is 2. The van der Waals surface area contributed by atoms with Crippen molar-refractivity contribution in [3.8, 4) is 22.5 Å². The fraction of sp³-hybridized carbons (Fsp3) is 0.190. The number of aromatic nitrogens is 4. The maximum atomic E-state index is 4.73. The molecule has 1 fully saturated rings. The lowest BCUT2D eigenvalue weighted by Gasteiger charge is -2.06. The highest BCUT2D eigenvalue weighted by molar-refractivity contribution is 9.10. The Hall–Kier alpha value is -2.57. The Balaban J connectivity index is 1.42. The van der Waals surface area contributed by atoms with E-state index in [1.165, 1.54) is 6.42 Å². The molecule has 0 radical (unpaired) electrons. The van der Waals surface area contributed by atoms with E-state index in [1.54, 1.807) is 0 Å². The zero-order chi connectivity index (χ0) is 18.2. The second-order valence-electron chi connectivity index (χ2n) is 6.80. The molecule has 134 valence electrons. The molecule has 2 aromatic heterocycles. The van der Waals surface area contributed by atoms with E-state index in [0.717, 1.165) is 56.8 Å². The Morgan fingerprint density at radius 1 is 0.926 bits per heavy atom. The topological polar surface area (TPSA) is 66.5 Å². The van der Waals surface area contributed by atoms with Crippen LogP contribution in [0.5, 0.6) is 0 Å². The number of benzene rings is 2. The van der Waals surface area contributed by atoms with E-state index >= 15 is 0 Å². The third kappa shape index (κ3) is 3.26. The summed E-state index contributed by atoms with van der Waals surface area (Å²) in [5, 5.41) is 3.47. The van der Waals surface area contributed by atoms with E-state index in [1.807, 2.05) is 30.6 Å². The van der Waals surface area contributed by atoms with Crippen LogP contribution >= 0.6 is 15.9 Å². The third-order valence-corrected chi connectivity index (χ3v) is 5.48. The quantitative estimate of drug-likeness (QED) is 0.496. The molecule has 5 rings (SSSR count). The summed E-state index contributed by atoms with van der Waals surface area (Å²) in [6.07, 6.45) is 6.09. The van der Waals surface area contributed by atoms with Gasteiger partial charge < -0.3 is 10.3 Å². The lowest BCUT2D eigenvalue weighted by molar-refractivity contribution is 0.613. The first kappa shape index (κ1) is 16.6. The molecular weight excluding hydrogens is 402 g/mol. The van der Waals surface area contributed by atoms with Crippen LogP contribution in [0.25, 0.3) is 33.5 Å². The van der Waals surface area contributed by atoms with Crippen LogP contribution in [-0.4, -0.2) is 26.5 Å². The second-order valence-corrected chi connectivity index (χ2v) is 7.71. The number of halogens is 1. The molecule has 2 N–H and O–H groups in total. The summed E-state index contributed by atoms with van der Waals surface area (Å²) in [7, 11) is 0. The first-order valence-electron chi connectivity index (χ1n) is 9.08. The third-order valence-electron chi connectivity index (χ3n) is 4.98. The van der Waals surface area contributed by atoms with Gasteiger partial charge in [0.05, 0.1) is 40.9 Å². The minimum atomic E-state index is 0.353. The summed E-state index contributed by atoms with van der Waals surface area (Å²) in [6, 6.07) is 14.7. The molecule has 4 aromatic rings. The number of imidazole rings is 1. The van der Waals surface area contributed by atoms with Crippen molar-refractivity contribution < 1.29 is 0 Å². The summed E-state index contributed by atoms with van der Waals surface area (Å²) < 4.78 is 1.01. The van der Waals surface area contributed by atoms with Crippen LogP contribution in [0.2, 0.25) is 0 Å². The van der Waals surface area contributed by atoms with Crippen molar-refractivity contribution in [2.75, 3.05) is 6.54 Å². The van der Waals surface area contributed by atoms with Gasteiger partial charge in [0.25, 0.3) is 0 Å². The van der Waals surface area contributed by atoms with Gasteiger partial charge in [-0.2, -0.15) is 0 Å². The van der Waals surface area contributed by atoms with Gasteiger partial charge in [-0.25, -0.2) is 9.97 Å². The fourth-order valence-corrected chi connectivity index (χ4v) is 3.87. The SMILES string of the molecule is Brc1ccc2nc(-c3ccc(-c4cnc(C5CCCN5)[nH]4)cc3)cnc2c1. The Morgan fingerprint density at radius 3 is 2.59 bits per heavy atom. The molecule has 1 aliphatic heterocycles. The number of hydrogen-bond acceptors (Lipinski definition) is 4. The van der Waals surface area contributed by atoms with Crippen molar-refractivity contribution in [1.29, 1.82) is 0 Å². The highest BCUT2D eigenvalue weighted by atomic mass is 79.9. The summed E-state index contributed by atoms with van der Waals surface area (Å²) in [4.78, 5) is 17.3. The molecular formula is C21H18BrN5. The van der Waals surface area contributed by atoms with Gasteiger partial charge in [-0.1, -0.05) is 40.2 Å². The molecule has 2 aromatic carbocycles. The van der Waals surface area contributed by atoms with Crippen LogP contribution in [0, 0.1) is 0 Å². The van der Waals surface area contributed by atoms with Crippen LogP contribution in [0.3, 0.4) is 0 Å². The van der Waals surface area contributed by atoms with Crippen molar-refractivity contribution in [2.45, 2.75) is 18.9 Å². The van der Waals surface area contributed by atoms with Gasteiger partial charge in [-0.15, -0.1) is 0 Å². The highest BCUT2D eigenvalue weighted by Gasteiger charge is 2.19. The molecule has 27 heavy (non-hydrogen) atoms. The predicted molar refractivity (Wildman–Crippen MR) is 110 cm³/mol. The van der Waals surface area contributed by atoms with Crippen molar-refractivity contribution in [3.05, 3.63) is 65.2 Å². The number of nitrogens with zero attached hydrogens (tertiary/aromatic N) is 3. The zero-order valence-electron chi connectivity index (χ0n) is 14.6. The highest BCUT2D eigenvalue weighted by Crippen LogP contribution is 2.27. The summed E-state index contributed by atoms with van der Waals surface area (Å²) in [5.41, 5.74) is 5.86. The van der Waals surface area contributed by atoms with Gasteiger partial charge in [0.2, 0.25) is 0 Å². The Labute approximate surface area is 165 Å². The lowest BCUT2D eigenvalue weighted by Crippen LogP contribution is -2.14. The van der Waals surface area contributed by atoms with Crippen molar-refractivity contribution >= 4 is 27.0 Å². The standard InChI is InChI=1S/C21H18BrN5/c22-15-7-8-16-18(10-15)24-11-19(26-16)13-3-5-14(6-4-13)20-12-25-21(27-20)17-2-1-9-23-17/h3-8,10-12,17,23H,1-2,9H2,(H,25,27). The molecule has 0 aliphatic carbocycles. The summed E-state index contributed by atoms with van der Waals surface area (Å²) in [6.45, 7) is 1.07. The van der Waals surface area contributed by atoms with E-state index < -0.39 is 0 Å².